The zero-order chi connectivity index (χ0) is 16.2. The van der Waals surface area contributed by atoms with Gasteiger partial charge in [0.15, 0.2) is 11.5 Å². The van der Waals surface area contributed by atoms with E-state index in [4.69, 9.17) is 9.47 Å². The van der Waals surface area contributed by atoms with Crippen LogP contribution in [0.2, 0.25) is 0 Å². The summed E-state index contributed by atoms with van der Waals surface area (Å²) in [5.41, 5.74) is 3.08. The third kappa shape index (κ3) is 2.95. The van der Waals surface area contributed by atoms with Crippen molar-refractivity contribution in [1.82, 2.24) is 5.32 Å². The molecule has 0 unspecified atom stereocenters. The van der Waals surface area contributed by atoms with E-state index in [1.165, 1.54) is 5.56 Å². The van der Waals surface area contributed by atoms with E-state index in [9.17, 15) is 4.79 Å². The Morgan fingerprint density at radius 3 is 2.74 bits per heavy atom. The summed E-state index contributed by atoms with van der Waals surface area (Å²) in [5, 5.41) is 2.96. The first-order chi connectivity index (χ1) is 11.2. The van der Waals surface area contributed by atoms with Crippen molar-refractivity contribution in [2.45, 2.75) is 13.0 Å². The standard InChI is InChI=1S/C18H20N2O3/c1-22-16-9-5-7-14(17(16)23-2)12-19-18(21)20-11-10-13-6-3-4-8-15(13)20/h3-9H,10-12H2,1-2H3,(H,19,21). The van der Waals surface area contributed by atoms with Gasteiger partial charge in [0, 0.05) is 24.3 Å². The fourth-order valence-corrected chi connectivity index (χ4v) is 2.91. The fourth-order valence-electron chi connectivity index (χ4n) is 2.91. The highest BCUT2D eigenvalue weighted by Crippen LogP contribution is 2.31. The number of rotatable bonds is 4. The number of benzene rings is 2. The van der Waals surface area contributed by atoms with E-state index in [-0.39, 0.29) is 6.03 Å². The number of nitrogens with one attached hydrogen (secondary N) is 1. The second-order valence-electron chi connectivity index (χ2n) is 5.34. The summed E-state index contributed by atoms with van der Waals surface area (Å²) >= 11 is 0. The Morgan fingerprint density at radius 2 is 1.96 bits per heavy atom. The normalized spacial score (nSPS) is 12.7. The summed E-state index contributed by atoms with van der Waals surface area (Å²) in [7, 11) is 3.20. The van der Waals surface area contributed by atoms with Crippen LogP contribution >= 0.6 is 0 Å². The number of ether oxygens (including phenoxy) is 2. The number of carbonyl (C=O) groups excluding carboxylic acids is 1. The van der Waals surface area contributed by atoms with Crippen LogP contribution in [0, 0.1) is 0 Å². The smallest absolute Gasteiger partial charge is 0.322 e. The maximum atomic E-state index is 12.5. The average Bonchev–Trinajstić information content (AvgIpc) is 3.03. The molecule has 5 heteroatoms. The van der Waals surface area contributed by atoms with Gasteiger partial charge < -0.3 is 14.8 Å². The molecule has 1 aliphatic rings. The van der Waals surface area contributed by atoms with Gasteiger partial charge in [-0.25, -0.2) is 4.79 Å². The Morgan fingerprint density at radius 1 is 1.13 bits per heavy atom. The van der Waals surface area contributed by atoms with Gasteiger partial charge in [0.05, 0.1) is 14.2 Å². The van der Waals surface area contributed by atoms with Crippen LogP contribution in [0.4, 0.5) is 10.5 Å². The summed E-state index contributed by atoms with van der Waals surface area (Å²) < 4.78 is 10.7. The number of urea groups is 1. The molecule has 3 rings (SSSR count). The number of carbonyl (C=O) groups is 1. The lowest BCUT2D eigenvalue weighted by molar-refractivity contribution is 0.246. The molecule has 0 radical (unpaired) electrons. The molecule has 1 N–H and O–H groups in total. The van der Waals surface area contributed by atoms with Crippen molar-refractivity contribution in [2.75, 3.05) is 25.7 Å². The Labute approximate surface area is 135 Å². The summed E-state index contributed by atoms with van der Waals surface area (Å²) in [5.74, 6) is 1.31. The van der Waals surface area contributed by atoms with Crippen molar-refractivity contribution in [3.8, 4) is 11.5 Å². The van der Waals surface area contributed by atoms with Gasteiger partial charge in [-0.15, -0.1) is 0 Å². The quantitative estimate of drug-likeness (QED) is 0.944. The minimum absolute atomic E-state index is 0.0974. The molecule has 120 valence electrons. The molecule has 2 amide bonds. The zero-order valence-electron chi connectivity index (χ0n) is 13.3. The van der Waals surface area contributed by atoms with Crippen LogP contribution in [0.1, 0.15) is 11.1 Å². The molecule has 1 aliphatic heterocycles. The molecule has 5 nitrogen and oxygen atoms in total. The topological polar surface area (TPSA) is 50.8 Å². The number of fused-ring (bicyclic) bond motifs is 1. The summed E-state index contributed by atoms with van der Waals surface area (Å²) in [4.78, 5) is 14.3. The second kappa shape index (κ2) is 6.60. The average molecular weight is 312 g/mol. The highest BCUT2D eigenvalue weighted by Gasteiger charge is 2.24. The van der Waals surface area contributed by atoms with E-state index in [1.54, 1.807) is 19.1 Å². The molecule has 0 aliphatic carbocycles. The van der Waals surface area contributed by atoms with Gasteiger partial charge in [-0.1, -0.05) is 30.3 Å². The number of methoxy groups -OCH3 is 2. The molecule has 0 atom stereocenters. The maximum Gasteiger partial charge on any atom is 0.322 e. The molecule has 1 heterocycles. The lowest BCUT2D eigenvalue weighted by Gasteiger charge is -2.19. The zero-order valence-corrected chi connectivity index (χ0v) is 13.3. The third-order valence-electron chi connectivity index (χ3n) is 4.05. The lowest BCUT2D eigenvalue weighted by Crippen LogP contribution is -2.38. The van der Waals surface area contributed by atoms with E-state index in [0.29, 0.717) is 24.6 Å². The number of nitrogens with zero attached hydrogens (tertiary/aromatic N) is 1. The van der Waals surface area contributed by atoms with Gasteiger partial charge in [0.25, 0.3) is 0 Å². The Kier molecular flexibility index (Phi) is 4.37. The molecule has 0 fully saturated rings. The maximum absolute atomic E-state index is 12.5. The summed E-state index contributed by atoms with van der Waals surface area (Å²) in [6, 6.07) is 13.5. The van der Waals surface area contributed by atoms with E-state index in [1.807, 2.05) is 36.4 Å². The predicted molar refractivity (Wildman–Crippen MR) is 89.3 cm³/mol. The van der Waals surface area contributed by atoms with E-state index < -0.39 is 0 Å². The predicted octanol–water partition coefficient (Wildman–Crippen LogP) is 2.98. The van der Waals surface area contributed by atoms with Gasteiger partial charge in [-0.2, -0.15) is 0 Å². The van der Waals surface area contributed by atoms with Gasteiger partial charge in [0.1, 0.15) is 0 Å². The van der Waals surface area contributed by atoms with Crippen molar-refractivity contribution in [3.63, 3.8) is 0 Å². The van der Waals surface area contributed by atoms with Crippen LogP contribution in [-0.2, 0) is 13.0 Å². The van der Waals surface area contributed by atoms with Crippen LogP contribution in [0.5, 0.6) is 11.5 Å². The van der Waals surface area contributed by atoms with E-state index in [2.05, 4.69) is 11.4 Å². The van der Waals surface area contributed by atoms with Crippen LogP contribution < -0.4 is 19.7 Å². The highest BCUT2D eigenvalue weighted by molar-refractivity contribution is 5.94. The number of para-hydroxylation sites is 2. The molecule has 23 heavy (non-hydrogen) atoms. The molecular weight excluding hydrogens is 292 g/mol. The van der Waals surface area contributed by atoms with Crippen LogP contribution in [0.15, 0.2) is 42.5 Å². The minimum atomic E-state index is -0.0974. The number of hydrogen-bond donors (Lipinski definition) is 1. The molecule has 0 spiro atoms. The Bertz CT molecular complexity index is 715. The molecule has 0 saturated heterocycles. The fraction of sp³-hybridized carbons (Fsp3) is 0.278. The second-order valence-corrected chi connectivity index (χ2v) is 5.34. The van der Waals surface area contributed by atoms with Gasteiger partial charge >= 0.3 is 6.03 Å². The molecule has 0 aromatic heterocycles. The van der Waals surface area contributed by atoms with Crippen molar-refractivity contribution >= 4 is 11.7 Å². The van der Waals surface area contributed by atoms with Gasteiger partial charge in [0.2, 0.25) is 0 Å². The monoisotopic (exact) mass is 312 g/mol. The number of amides is 2. The van der Waals surface area contributed by atoms with Crippen molar-refractivity contribution < 1.29 is 14.3 Å². The first-order valence-corrected chi connectivity index (χ1v) is 7.57. The lowest BCUT2D eigenvalue weighted by atomic mass is 10.2. The van der Waals surface area contributed by atoms with E-state index >= 15 is 0 Å². The van der Waals surface area contributed by atoms with Gasteiger partial charge in [-0.05, 0) is 24.1 Å². The SMILES string of the molecule is COc1cccc(CNC(=O)N2CCc3ccccc32)c1OC. The van der Waals surface area contributed by atoms with Crippen molar-refractivity contribution in [2.24, 2.45) is 0 Å². The molecular formula is C18H20N2O3. The Hall–Kier alpha value is -2.69. The molecule has 0 bridgehead atoms. The number of anilines is 1. The first-order valence-electron chi connectivity index (χ1n) is 7.57. The minimum Gasteiger partial charge on any atom is -0.493 e. The first kappa shape index (κ1) is 15.2. The molecule has 2 aromatic carbocycles. The molecule has 2 aromatic rings. The van der Waals surface area contributed by atoms with E-state index in [0.717, 1.165) is 17.7 Å². The van der Waals surface area contributed by atoms with Crippen LogP contribution in [0.3, 0.4) is 0 Å². The largest absolute Gasteiger partial charge is 0.493 e. The number of hydrogen-bond acceptors (Lipinski definition) is 3. The third-order valence-corrected chi connectivity index (χ3v) is 4.05. The van der Waals surface area contributed by atoms with Crippen molar-refractivity contribution in [3.05, 3.63) is 53.6 Å². The summed E-state index contributed by atoms with van der Waals surface area (Å²) in [6.07, 6.45) is 0.895. The summed E-state index contributed by atoms with van der Waals surface area (Å²) in [6.45, 7) is 1.10. The molecule has 0 saturated carbocycles. The van der Waals surface area contributed by atoms with Crippen LogP contribution in [0.25, 0.3) is 0 Å². The Balaban J connectivity index is 1.71. The van der Waals surface area contributed by atoms with Crippen molar-refractivity contribution in [1.29, 1.82) is 0 Å². The highest BCUT2D eigenvalue weighted by atomic mass is 16.5. The van der Waals surface area contributed by atoms with Gasteiger partial charge in [-0.3, -0.25) is 4.90 Å². The van der Waals surface area contributed by atoms with Crippen LogP contribution in [-0.4, -0.2) is 26.8 Å².